The highest BCUT2D eigenvalue weighted by atomic mass is 35.5. The zero-order valence-electron chi connectivity index (χ0n) is 21.4. The standard InChI is InChI=1S/C31H27ClN4OS/c1-19-17-24(20(2)35(19)27-13-8-10-21-9-4-5-11-23(21)27)30-29(26-12-6-7-16-33-26)34-31(38)36(30)22-14-15-28(37-3)25(32)18-22/h4-18,29-30H,1-3H3,(H,34,38)/t29-,30+/m1/s1. The van der Waals surface area contributed by atoms with Crippen molar-refractivity contribution in [3.63, 3.8) is 0 Å². The van der Waals surface area contributed by atoms with Gasteiger partial charge >= 0.3 is 0 Å². The van der Waals surface area contributed by atoms with E-state index in [1.165, 1.54) is 16.3 Å². The van der Waals surface area contributed by atoms with Crippen molar-refractivity contribution in [1.29, 1.82) is 0 Å². The molecule has 2 atom stereocenters. The van der Waals surface area contributed by atoms with Crippen LogP contribution in [0.15, 0.2) is 91.1 Å². The third-order valence-electron chi connectivity index (χ3n) is 7.31. The molecule has 0 saturated carbocycles. The number of anilines is 1. The van der Waals surface area contributed by atoms with Gasteiger partial charge in [0.05, 0.1) is 35.6 Å². The van der Waals surface area contributed by atoms with Gasteiger partial charge in [-0.15, -0.1) is 0 Å². The van der Waals surface area contributed by atoms with Gasteiger partial charge in [-0.3, -0.25) is 4.98 Å². The monoisotopic (exact) mass is 538 g/mol. The molecule has 190 valence electrons. The lowest BCUT2D eigenvalue weighted by Crippen LogP contribution is -2.29. The molecule has 0 bridgehead atoms. The van der Waals surface area contributed by atoms with Crippen molar-refractivity contribution in [1.82, 2.24) is 14.9 Å². The third-order valence-corrected chi connectivity index (χ3v) is 7.92. The van der Waals surface area contributed by atoms with E-state index >= 15 is 0 Å². The van der Waals surface area contributed by atoms with E-state index in [-0.39, 0.29) is 12.1 Å². The zero-order valence-corrected chi connectivity index (χ0v) is 22.9. The Kier molecular flexibility index (Phi) is 6.30. The lowest BCUT2D eigenvalue weighted by molar-refractivity contribution is 0.415. The molecule has 1 fully saturated rings. The van der Waals surface area contributed by atoms with E-state index in [9.17, 15) is 0 Å². The van der Waals surface area contributed by atoms with Gasteiger partial charge in [0.1, 0.15) is 5.75 Å². The Bertz CT molecular complexity index is 1660. The second kappa shape index (κ2) is 9.78. The first-order valence-corrected chi connectivity index (χ1v) is 13.3. The number of thiocarbonyl (C=S) groups is 1. The van der Waals surface area contributed by atoms with Gasteiger partial charge in [-0.1, -0.05) is 54.1 Å². The molecule has 1 aliphatic rings. The first-order chi connectivity index (χ1) is 18.5. The minimum Gasteiger partial charge on any atom is -0.495 e. The third kappa shape index (κ3) is 4.01. The van der Waals surface area contributed by atoms with Crippen LogP contribution in [0.3, 0.4) is 0 Å². The van der Waals surface area contributed by atoms with Crippen LogP contribution in [0.1, 0.15) is 34.7 Å². The molecular weight excluding hydrogens is 512 g/mol. The van der Waals surface area contributed by atoms with E-state index in [1.807, 2.05) is 42.6 Å². The highest BCUT2D eigenvalue weighted by molar-refractivity contribution is 7.80. The molecule has 2 aromatic heterocycles. The van der Waals surface area contributed by atoms with Gasteiger partial charge in [-0.2, -0.15) is 0 Å². The number of nitrogens with one attached hydrogen (secondary N) is 1. The largest absolute Gasteiger partial charge is 0.495 e. The van der Waals surface area contributed by atoms with Crippen LogP contribution in [0, 0.1) is 13.8 Å². The van der Waals surface area contributed by atoms with Crippen LogP contribution in [0.5, 0.6) is 5.75 Å². The first kappa shape index (κ1) is 24.5. The highest BCUT2D eigenvalue weighted by Gasteiger charge is 2.42. The fraction of sp³-hybridized carbons (Fsp3) is 0.161. The van der Waals surface area contributed by atoms with E-state index in [1.54, 1.807) is 7.11 Å². The van der Waals surface area contributed by atoms with E-state index in [4.69, 9.17) is 33.5 Å². The lowest BCUT2D eigenvalue weighted by atomic mass is 9.96. The van der Waals surface area contributed by atoms with Crippen molar-refractivity contribution in [2.75, 3.05) is 12.0 Å². The summed E-state index contributed by atoms with van der Waals surface area (Å²) in [5.41, 5.74) is 6.46. The summed E-state index contributed by atoms with van der Waals surface area (Å²) in [5.74, 6) is 0.625. The Morgan fingerprint density at radius 1 is 0.947 bits per heavy atom. The minimum absolute atomic E-state index is 0.142. The number of nitrogens with zero attached hydrogens (tertiary/aromatic N) is 3. The Morgan fingerprint density at radius 3 is 2.50 bits per heavy atom. The van der Waals surface area contributed by atoms with Gasteiger partial charge in [0.2, 0.25) is 0 Å². The second-order valence-electron chi connectivity index (χ2n) is 9.48. The minimum atomic E-state index is -0.147. The number of benzene rings is 3. The maximum Gasteiger partial charge on any atom is 0.174 e. The number of hydrogen-bond donors (Lipinski definition) is 1. The maximum atomic E-state index is 6.57. The van der Waals surface area contributed by atoms with Crippen molar-refractivity contribution in [3.05, 3.63) is 119 Å². The molecule has 0 unspecified atom stereocenters. The summed E-state index contributed by atoms with van der Waals surface area (Å²) in [6.07, 6.45) is 1.82. The molecule has 3 aromatic carbocycles. The van der Waals surface area contributed by atoms with Crippen LogP contribution >= 0.6 is 23.8 Å². The molecule has 0 amide bonds. The quantitative estimate of drug-likeness (QED) is 0.235. The summed E-state index contributed by atoms with van der Waals surface area (Å²) in [6.45, 7) is 4.34. The summed E-state index contributed by atoms with van der Waals surface area (Å²) in [5, 5.41) is 7.14. The molecule has 0 aliphatic carbocycles. The Labute approximate surface area is 232 Å². The van der Waals surface area contributed by atoms with E-state index in [0.29, 0.717) is 15.9 Å². The number of aromatic nitrogens is 2. The van der Waals surface area contributed by atoms with Crippen LogP contribution < -0.4 is 15.0 Å². The van der Waals surface area contributed by atoms with Crippen LogP contribution in [0.25, 0.3) is 16.5 Å². The molecule has 1 N–H and O–H groups in total. The average Bonchev–Trinajstić information content (AvgIpc) is 3.43. The first-order valence-electron chi connectivity index (χ1n) is 12.5. The summed E-state index contributed by atoms with van der Waals surface area (Å²) in [6, 6.07) is 28.7. The molecule has 3 heterocycles. The number of pyridine rings is 1. The van der Waals surface area contributed by atoms with E-state index in [0.717, 1.165) is 28.5 Å². The summed E-state index contributed by atoms with van der Waals surface area (Å²) in [7, 11) is 1.62. The average molecular weight is 539 g/mol. The van der Waals surface area contributed by atoms with Crippen LogP contribution in [0.2, 0.25) is 5.02 Å². The molecule has 6 rings (SSSR count). The van der Waals surface area contributed by atoms with Crippen molar-refractivity contribution in [3.8, 4) is 11.4 Å². The van der Waals surface area contributed by atoms with Gasteiger partial charge in [0.15, 0.2) is 5.11 Å². The number of hydrogen-bond acceptors (Lipinski definition) is 3. The van der Waals surface area contributed by atoms with Crippen LogP contribution in [0.4, 0.5) is 5.69 Å². The number of ether oxygens (including phenoxy) is 1. The Hall–Kier alpha value is -3.87. The fourth-order valence-electron chi connectivity index (χ4n) is 5.62. The topological polar surface area (TPSA) is 42.3 Å². The van der Waals surface area contributed by atoms with Crippen molar-refractivity contribution < 1.29 is 4.74 Å². The molecule has 38 heavy (non-hydrogen) atoms. The molecule has 0 spiro atoms. The predicted molar refractivity (Wildman–Crippen MR) is 159 cm³/mol. The molecule has 5 nitrogen and oxygen atoms in total. The molecule has 5 aromatic rings. The summed E-state index contributed by atoms with van der Waals surface area (Å²) in [4.78, 5) is 6.85. The van der Waals surface area contributed by atoms with Crippen LogP contribution in [-0.2, 0) is 0 Å². The van der Waals surface area contributed by atoms with Gasteiger partial charge in [0.25, 0.3) is 0 Å². The smallest absolute Gasteiger partial charge is 0.174 e. The van der Waals surface area contributed by atoms with Gasteiger partial charge in [0, 0.05) is 28.7 Å². The van der Waals surface area contributed by atoms with Gasteiger partial charge in [-0.25, -0.2) is 0 Å². The zero-order chi connectivity index (χ0) is 26.4. The Morgan fingerprint density at radius 2 is 1.74 bits per heavy atom. The normalized spacial score (nSPS) is 17.2. The number of rotatable bonds is 5. The number of methoxy groups -OCH3 is 1. The number of fused-ring (bicyclic) bond motifs is 1. The second-order valence-corrected chi connectivity index (χ2v) is 10.3. The molecule has 1 aliphatic heterocycles. The highest BCUT2D eigenvalue weighted by Crippen LogP contribution is 2.45. The SMILES string of the molecule is COc1ccc(N2C(=S)N[C@H](c3ccccn3)[C@@H]2c2cc(C)n(-c3cccc4ccccc34)c2C)cc1Cl. The number of halogens is 1. The van der Waals surface area contributed by atoms with Gasteiger partial charge < -0.3 is 19.5 Å². The van der Waals surface area contributed by atoms with E-state index in [2.05, 4.69) is 77.2 Å². The molecule has 7 heteroatoms. The summed E-state index contributed by atoms with van der Waals surface area (Å²) < 4.78 is 7.74. The van der Waals surface area contributed by atoms with Gasteiger partial charge in [-0.05, 0) is 79.5 Å². The van der Waals surface area contributed by atoms with E-state index < -0.39 is 0 Å². The molecule has 0 radical (unpaired) electrons. The van der Waals surface area contributed by atoms with Crippen molar-refractivity contribution >= 4 is 45.4 Å². The van der Waals surface area contributed by atoms with Crippen LogP contribution in [-0.4, -0.2) is 21.8 Å². The lowest BCUT2D eigenvalue weighted by Gasteiger charge is -2.28. The maximum absolute atomic E-state index is 6.57. The van der Waals surface area contributed by atoms with Crippen molar-refractivity contribution in [2.45, 2.75) is 25.9 Å². The van der Waals surface area contributed by atoms with Crippen molar-refractivity contribution in [2.24, 2.45) is 0 Å². The Balaban J connectivity index is 1.54. The fourth-order valence-corrected chi connectivity index (χ4v) is 6.21. The predicted octanol–water partition coefficient (Wildman–Crippen LogP) is 7.48. The number of aryl methyl sites for hydroxylation is 1. The molecular formula is C31H27ClN4OS. The molecule has 1 saturated heterocycles. The summed E-state index contributed by atoms with van der Waals surface area (Å²) >= 11 is 12.5.